The van der Waals surface area contributed by atoms with Gasteiger partial charge in [0.05, 0.1) is 7.11 Å². The Balaban J connectivity index is 1.69. The summed E-state index contributed by atoms with van der Waals surface area (Å²) in [7, 11) is 1.68. The molecule has 0 radical (unpaired) electrons. The molecule has 2 N–H and O–H groups in total. The highest BCUT2D eigenvalue weighted by atomic mass is 32.1. The van der Waals surface area contributed by atoms with E-state index in [-0.39, 0.29) is 0 Å². The zero-order chi connectivity index (χ0) is 16.7. The first-order valence-corrected chi connectivity index (χ1v) is 8.91. The van der Waals surface area contributed by atoms with Crippen molar-refractivity contribution in [1.82, 2.24) is 15.5 Å². The number of ether oxygens (including phenoxy) is 1. The van der Waals surface area contributed by atoms with E-state index in [4.69, 9.17) is 17.0 Å². The van der Waals surface area contributed by atoms with Gasteiger partial charge < -0.3 is 15.4 Å². The topological polar surface area (TPSA) is 36.5 Å². The maximum Gasteiger partial charge on any atom is 0.166 e. The van der Waals surface area contributed by atoms with Gasteiger partial charge in [-0.1, -0.05) is 18.6 Å². The highest BCUT2D eigenvalue weighted by Gasteiger charge is 2.22. The molecule has 0 bridgehead atoms. The van der Waals surface area contributed by atoms with Crippen molar-refractivity contribution in [2.24, 2.45) is 0 Å². The van der Waals surface area contributed by atoms with Crippen molar-refractivity contribution in [3.63, 3.8) is 0 Å². The lowest BCUT2D eigenvalue weighted by Crippen LogP contribution is -2.49. The van der Waals surface area contributed by atoms with Gasteiger partial charge >= 0.3 is 0 Å². The van der Waals surface area contributed by atoms with E-state index in [2.05, 4.69) is 29.4 Å². The lowest BCUT2D eigenvalue weighted by Gasteiger charge is -2.38. The van der Waals surface area contributed by atoms with Crippen LogP contribution >= 0.6 is 12.2 Å². The van der Waals surface area contributed by atoms with Gasteiger partial charge in [-0.3, -0.25) is 4.90 Å². The first kappa shape index (κ1) is 18.0. The number of likely N-dealkylation sites (tertiary alicyclic amines) is 1. The van der Waals surface area contributed by atoms with Gasteiger partial charge in [0.2, 0.25) is 0 Å². The van der Waals surface area contributed by atoms with Crippen molar-refractivity contribution in [2.75, 3.05) is 20.2 Å². The number of rotatable bonds is 6. The van der Waals surface area contributed by atoms with Crippen LogP contribution in [0.15, 0.2) is 24.3 Å². The predicted octanol–water partition coefficient (Wildman–Crippen LogP) is 2.92. The molecular weight excluding hydrogens is 306 g/mol. The van der Waals surface area contributed by atoms with E-state index in [1.807, 2.05) is 24.3 Å². The molecular formula is C18H29N3OS. The summed E-state index contributed by atoms with van der Waals surface area (Å²) in [5, 5.41) is 7.33. The van der Waals surface area contributed by atoms with Crippen LogP contribution < -0.4 is 15.4 Å². The normalized spacial score (nSPS) is 19.9. The number of nitrogens with one attached hydrogen (secondary N) is 2. The van der Waals surface area contributed by atoms with E-state index in [1.165, 1.54) is 31.4 Å². The zero-order valence-corrected chi connectivity index (χ0v) is 15.3. The molecule has 23 heavy (non-hydrogen) atoms. The molecule has 2 rings (SSSR count). The van der Waals surface area contributed by atoms with Crippen LogP contribution in [0.3, 0.4) is 0 Å². The van der Waals surface area contributed by atoms with E-state index in [9.17, 15) is 0 Å². The molecule has 4 nitrogen and oxygen atoms in total. The molecule has 1 aromatic rings. The molecule has 0 aromatic heterocycles. The van der Waals surface area contributed by atoms with Crippen LogP contribution in [-0.2, 0) is 6.54 Å². The standard InChI is InChI=1S/C18H29N3OS/c1-14-6-4-5-11-21(14)15(2)12-19-18(23)20-13-16-7-9-17(22-3)10-8-16/h7-10,14-15H,4-6,11-13H2,1-3H3,(H2,19,20,23)/t14-,15-/m0/s1. The minimum absolute atomic E-state index is 0.506. The summed E-state index contributed by atoms with van der Waals surface area (Å²) in [6, 6.07) is 9.21. The number of benzene rings is 1. The molecule has 0 unspecified atom stereocenters. The van der Waals surface area contributed by atoms with E-state index in [0.29, 0.717) is 12.1 Å². The second-order valence-corrected chi connectivity index (χ2v) is 6.75. The number of nitrogens with zero attached hydrogens (tertiary/aromatic N) is 1. The Morgan fingerprint density at radius 3 is 2.70 bits per heavy atom. The molecule has 0 saturated carbocycles. The Morgan fingerprint density at radius 2 is 2.04 bits per heavy atom. The van der Waals surface area contributed by atoms with Crippen molar-refractivity contribution in [3.8, 4) is 5.75 Å². The van der Waals surface area contributed by atoms with Crippen molar-refractivity contribution in [2.45, 2.75) is 51.7 Å². The average Bonchev–Trinajstić information content (AvgIpc) is 2.58. The SMILES string of the molecule is COc1ccc(CNC(=S)NC[C@H](C)N2CCCC[C@@H]2C)cc1. The Hall–Kier alpha value is -1.33. The third-order valence-electron chi connectivity index (χ3n) is 4.59. The van der Waals surface area contributed by atoms with Gasteiger partial charge in [-0.2, -0.15) is 0 Å². The smallest absolute Gasteiger partial charge is 0.166 e. The van der Waals surface area contributed by atoms with Crippen LogP contribution in [0.5, 0.6) is 5.75 Å². The van der Waals surface area contributed by atoms with Crippen molar-refractivity contribution in [1.29, 1.82) is 0 Å². The molecule has 1 aliphatic heterocycles. The lowest BCUT2D eigenvalue weighted by atomic mass is 10.0. The zero-order valence-electron chi connectivity index (χ0n) is 14.5. The van der Waals surface area contributed by atoms with Crippen LogP contribution in [0, 0.1) is 0 Å². The van der Waals surface area contributed by atoms with Gasteiger partial charge in [0.25, 0.3) is 0 Å². The molecule has 2 atom stereocenters. The van der Waals surface area contributed by atoms with Crippen LogP contribution in [0.1, 0.15) is 38.7 Å². The van der Waals surface area contributed by atoms with E-state index < -0.39 is 0 Å². The lowest BCUT2D eigenvalue weighted by molar-refractivity contribution is 0.116. The maximum atomic E-state index is 5.39. The summed E-state index contributed by atoms with van der Waals surface area (Å²) in [6.07, 6.45) is 3.99. The molecule has 1 heterocycles. The summed E-state index contributed by atoms with van der Waals surface area (Å²) >= 11 is 5.39. The Morgan fingerprint density at radius 1 is 1.30 bits per heavy atom. The summed E-state index contributed by atoms with van der Waals surface area (Å²) in [5.41, 5.74) is 1.19. The van der Waals surface area contributed by atoms with Gasteiger partial charge in [-0.05, 0) is 63.1 Å². The molecule has 5 heteroatoms. The van der Waals surface area contributed by atoms with E-state index >= 15 is 0 Å². The number of methoxy groups -OCH3 is 1. The van der Waals surface area contributed by atoms with Crippen molar-refractivity contribution >= 4 is 17.3 Å². The fraction of sp³-hybridized carbons (Fsp3) is 0.611. The third-order valence-corrected chi connectivity index (χ3v) is 4.88. The largest absolute Gasteiger partial charge is 0.497 e. The monoisotopic (exact) mass is 335 g/mol. The molecule has 1 saturated heterocycles. The fourth-order valence-corrected chi connectivity index (χ4v) is 3.28. The Bertz CT molecular complexity index is 492. The van der Waals surface area contributed by atoms with Crippen LogP contribution in [0.25, 0.3) is 0 Å². The first-order chi connectivity index (χ1) is 11.1. The summed E-state index contributed by atoms with van der Waals surface area (Å²) in [5.74, 6) is 0.874. The Kier molecular flexibility index (Phi) is 7.12. The first-order valence-electron chi connectivity index (χ1n) is 8.50. The van der Waals surface area contributed by atoms with Crippen molar-refractivity contribution < 1.29 is 4.74 Å². The summed E-state index contributed by atoms with van der Waals surface area (Å²) < 4.78 is 5.16. The minimum Gasteiger partial charge on any atom is -0.497 e. The molecule has 0 spiro atoms. The van der Waals surface area contributed by atoms with Gasteiger partial charge in [-0.15, -0.1) is 0 Å². The minimum atomic E-state index is 0.506. The van der Waals surface area contributed by atoms with Crippen LogP contribution in [-0.4, -0.2) is 42.3 Å². The van der Waals surface area contributed by atoms with Gasteiger partial charge in [0.15, 0.2) is 5.11 Å². The van der Waals surface area contributed by atoms with E-state index in [0.717, 1.165) is 24.0 Å². The van der Waals surface area contributed by atoms with Crippen LogP contribution in [0.2, 0.25) is 0 Å². The van der Waals surface area contributed by atoms with Gasteiger partial charge in [0, 0.05) is 25.2 Å². The second kappa shape index (κ2) is 9.08. The number of piperidine rings is 1. The molecule has 1 aromatic carbocycles. The quantitative estimate of drug-likeness (QED) is 0.782. The molecule has 0 aliphatic carbocycles. The second-order valence-electron chi connectivity index (χ2n) is 6.34. The summed E-state index contributed by atoms with van der Waals surface area (Å²) in [6.45, 7) is 7.43. The Labute approximate surface area is 145 Å². The predicted molar refractivity (Wildman–Crippen MR) is 99.9 cm³/mol. The highest BCUT2D eigenvalue weighted by Crippen LogP contribution is 2.18. The molecule has 0 amide bonds. The average molecular weight is 336 g/mol. The summed E-state index contributed by atoms with van der Waals surface area (Å²) in [4.78, 5) is 2.59. The van der Waals surface area contributed by atoms with Crippen molar-refractivity contribution in [3.05, 3.63) is 29.8 Å². The van der Waals surface area contributed by atoms with Gasteiger partial charge in [0.1, 0.15) is 5.75 Å². The van der Waals surface area contributed by atoms with Gasteiger partial charge in [-0.25, -0.2) is 0 Å². The van der Waals surface area contributed by atoms with E-state index in [1.54, 1.807) is 7.11 Å². The molecule has 1 fully saturated rings. The maximum absolute atomic E-state index is 5.39. The highest BCUT2D eigenvalue weighted by molar-refractivity contribution is 7.80. The number of thiocarbonyl (C=S) groups is 1. The van der Waals surface area contributed by atoms with Crippen LogP contribution in [0.4, 0.5) is 0 Å². The number of hydrogen-bond acceptors (Lipinski definition) is 3. The third kappa shape index (κ3) is 5.66. The molecule has 128 valence electrons. The number of hydrogen-bond donors (Lipinski definition) is 2. The fourth-order valence-electron chi connectivity index (χ4n) is 3.12. The molecule has 1 aliphatic rings.